The fraction of sp³-hybridized carbons (Fsp3) is 0.667. The molecule has 1 fully saturated rings. The van der Waals surface area contributed by atoms with Gasteiger partial charge in [-0.2, -0.15) is 4.31 Å². The van der Waals surface area contributed by atoms with Crippen molar-refractivity contribution >= 4 is 40.0 Å². The fourth-order valence-electron chi connectivity index (χ4n) is 3.34. The summed E-state index contributed by atoms with van der Waals surface area (Å²) >= 11 is 0. The summed E-state index contributed by atoms with van der Waals surface area (Å²) in [6.45, 7) is 8.63. The van der Waals surface area contributed by atoms with E-state index in [0.29, 0.717) is 44.7 Å². The maximum absolute atomic E-state index is 12.7. The number of aliphatic imine (C=N–C) groups is 1. The van der Waals surface area contributed by atoms with E-state index in [2.05, 4.69) is 31.1 Å². The van der Waals surface area contributed by atoms with Crippen molar-refractivity contribution < 1.29 is 13.2 Å². The van der Waals surface area contributed by atoms with Gasteiger partial charge in [-0.1, -0.05) is 51.0 Å². The van der Waals surface area contributed by atoms with Crippen LogP contribution in [-0.4, -0.2) is 51.0 Å². The Hall–Kier alpha value is -0.910. The lowest BCUT2D eigenvalue weighted by Gasteiger charge is -2.26. The number of sulfonamides is 1. The number of morpholine rings is 1. The second-order valence-electron chi connectivity index (χ2n) is 8.11. The van der Waals surface area contributed by atoms with E-state index in [4.69, 9.17) is 10.5 Å². The Labute approximate surface area is 198 Å². The van der Waals surface area contributed by atoms with Gasteiger partial charge in [0, 0.05) is 19.1 Å². The van der Waals surface area contributed by atoms with Crippen molar-refractivity contribution in [3.8, 4) is 0 Å². The van der Waals surface area contributed by atoms with Crippen LogP contribution in [0.3, 0.4) is 0 Å². The zero-order chi connectivity index (χ0) is 21.3. The summed E-state index contributed by atoms with van der Waals surface area (Å²) in [6, 6.07) is 7.77. The van der Waals surface area contributed by atoms with Gasteiger partial charge < -0.3 is 15.8 Å². The Morgan fingerprint density at radius 2 is 1.80 bits per heavy atom. The molecule has 2 rings (SSSR count). The van der Waals surface area contributed by atoms with Crippen LogP contribution < -0.4 is 11.1 Å². The maximum Gasteiger partial charge on any atom is 0.218 e. The number of hydrogen-bond acceptors (Lipinski definition) is 4. The summed E-state index contributed by atoms with van der Waals surface area (Å²) in [5.41, 5.74) is 7.69. The van der Waals surface area contributed by atoms with E-state index >= 15 is 0 Å². The molecule has 0 amide bonds. The zero-order valence-electron chi connectivity index (χ0n) is 18.3. The molecule has 1 aromatic carbocycles. The first kappa shape index (κ1) is 27.1. The highest BCUT2D eigenvalue weighted by atomic mass is 127. The van der Waals surface area contributed by atoms with Crippen molar-refractivity contribution in [2.24, 2.45) is 16.6 Å². The van der Waals surface area contributed by atoms with Crippen molar-refractivity contribution in [1.82, 2.24) is 9.62 Å². The van der Waals surface area contributed by atoms with Crippen LogP contribution in [0.15, 0.2) is 29.3 Å². The number of benzene rings is 1. The number of hydrogen-bond donors (Lipinski definition) is 2. The Kier molecular flexibility index (Phi) is 12.2. The number of guanidine groups is 1. The minimum absolute atomic E-state index is 0. The van der Waals surface area contributed by atoms with Crippen LogP contribution in [0.1, 0.15) is 51.2 Å². The number of halogens is 1. The van der Waals surface area contributed by atoms with Crippen LogP contribution >= 0.6 is 24.0 Å². The molecule has 0 aromatic heterocycles. The summed E-state index contributed by atoms with van der Waals surface area (Å²) in [5.74, 6) is 1.07. The molecule has 30 heavy (non-hydrogen) atoms. The van der Waals surface area contributed by atoms with E-state index in [1.54, 1.807) is 0 Å². The molecule has 0 bridgehead atoms. The second-order valence-corrected chi connectivity index (χ2v) is 10.1. The third-order valence-electron chi connectivity index (χ3n) is 5.05. The monoisotopic (exact) mass is 552 g/mol. The lowest BCUT2D eigenvalue weighted by molar-refractivity contribution is 0.0729. The highest BCUT2D eigenvalue weighted by molar-refractivity contribution is 14.0. The molecule has 172 valence electrons. The van der Waals surface area contributed by atoms with Crippen molar-refractivity contribution in [2.45, 2.75) is 58.4 Å². The Morgan fingerprint density at radius 3 is 2.43 bits per heavy atom. The minimum atomic E-state index is -3.38. The summed E-state index contributed by atoms with van der Waals surface area (Å²) < 4.78 is 32.2. The zero-order valence-corrected chi connectivity index (χ0v) is 21.5. The van der Waals surface area contributed by atoms with Crippen LogP contribution in [-0.2, 0) is 27.1 Å². The third-order valence-corrected chi connectivity index (χ3v) is 6.88. The van der Waals surface area contributed by atoms with Gasteiger partial charge in [0.2, 0.25) is 10.0 Å². The summed E-state index contributed by atoms with van der Waals surface area (Å²) in [6.07, 6.45) is 3.40. The van der Waals surface area contributed by atoms with Crippen LogP contribution in [0.25, 0.3) is 0 Å². The predicted octanol–water partition coefficient (Wildman–Crippen LogP) is 3.09. The molecular formula is C21H37IN4O3S. The lowest BCUT2D eigenvalue weighted by Crippen LogP contribution is -2.41. The van der Waals surface area contributed by atoms with Crippen LogP contribution in [0.5, 0.6) is 0 Å². The third kappa shape index (κ3) is 9.49. The van der Waals surface area contributed by atoms with Gasteiger partial charge in [-0.3, -0.25) is 0 Å². The van der Waals surface area contributed by atoms with Gasteiger partial charge in [0.25, 0.3) is 0 Å². The van der Waals surface area contributed by atoms with E-state index in [0.717, 1.165) is 24.0 Å². The molecule has 1 saturated heterocycles. The molecule has 1 aromatic rings. The fourth-order valence-corrected chi connectivity index (χ4v) is 4.90. The van der Waals surface area contributed by atoms with Crippen LogP contribution in [0.2, 0.25) is 0 Å². The molecule has 1 aliphatic heterocycles. The van der Waals surface area contributed by atoms with Crippen molar-refractivity contribution in [2.75, 3.05) is 26.3 Å². The van der Waals surface area contributed by atoms with Gasteiger partial charge in [0.15, 0.2) is 5.96 Å². The van der Waals surface area contributed by atoms with E-state index in [9.17, 15) is 8.42 Å². The quantitative estimate of drug-likeness (QED) is 0.264. The Balaban J connectivity index is 0.00000450. The van der Waals surface area contributed by atoms with Gasteiger partial charge in [-0.25, -0.2) is 13.4 Å². The molecule has 1 aliphatic rings. The smallest absolute Gasteiger partial charge is 0.218 e. The maximum atomic E-state index is 12.7. The van der Waals surface area contributed by atoms with Gasteiger partial charge in [0.05, 0.1) is 25.5 Å². The largest absolute Gasteiger partial charge is 0.379 e. The first-order chi connectivity index (χ1) is 13.8. The summed E-state index contributed by atoms with van der Waals surface area (Å²) in [5, 5.41) is 3.23. The van der Waals surface area contributed by atoms with Crippen molar-refractivity contribution in [1.29, 1.82) is 0 Å². The number of nitrogens with zero attached hydrogens (tertiary/aromatic N) is 2. The highest BCUT2D eigenvalue weighted by Gasteiger charge is 2.25. The second kappa shape index (κ2) is 13.5. The van der Waals surface area contributed by atoms with Gasteiger partial charge in [0.1, 0.15) is 0 Å². The lowest BCUT2D eigenvalue weighted by atomic mass is 10.0. The van der Waals surface area contributed by atoms with E-state index in [1.807, 2.05) is 24.3 Å². The average molecular weight is 553 g/mol. The molecule has 0 aliphatic carbocycles. The first-order valence-corrected chi connectivity index (χ1v) is 12.1. The van der Waals surface area contributed by atoms with Crippen molar-refractivity contribution in [3.63, 3.8) is 0 Å². The predicted molar refractivity (Wildman–Crippen MR) is 133 cm³/mol. The van der Waals surface area contributed by atoms with Crippen molar-refractivity contribution in [3.05, 3.63) is 35.4 Å². The van der Waals surface area contributed by atoms with Crippen LogP contribution in [0, 0.1) is 5.92 Å². The average Bonchev–Trinajstić information content (AvgIpc) is 2.67. The Morgan fingerprint density at radius 1 is 1.17 bits per heavy atom. The topological polar surface area (TPSA) is 97.0 Å². The number of rotatable bonds is 10. The van der Waals surface area contributed by atoms with Gasteiger partial charge >= 0.3 is 0 Å². The molecular weight excluding hydrogens is 515 g/mol. The first-order valence-electron chi connectivity index (χ1n) is 10.5. The molecule has 1 heterocycles. The molecule has 0 radical (unpaired) electrons. The van der Waals surface area contributed by atoms with Gasteiger partial charge in [-0.15, -0.1) is 24.0 Å². The highest BCUT2D eigenvalue weighted by Crippen LogP contribution is 2.17. The van der Waals surface area contributed by atoms with Crippen LogP contribution in [0.4, 0.5) is 0 Å². The Bertz CT molecular complexity index is 765. The number of nitrogens with two attached hydrogens (primary N) is 1. The standard InChI is InChI=1S/C21H36N4O3S.HI/c1-17(2)7-6-8-18(3)24-21(22)23-15-19-9-4-5-10-20(19)16-29(26,27)25-11-13-28-14-12-25;/h4-5,9-10,17-18H,6-8,11-16H2,1-3H3,(H3,22,23,24);1H. The normalized spacial score (nSPS) is 16.9. The molecule has 1 atom stereocenters. The molecule has 9 heteroatoms. The van der Waals surface area contributed by atoms with E-state index < -0.39 is 10.0 Å². The molecule has 0 spiro atoms. The molecule has 7 nitrogen and oxygen atoms in total. The molecule has 3 N–H and O–H groups in total. The molecule has 0 saturated carbocycles. The summed E-state index contributed by atoms with van der Waals surface area (Å²) in [7, 11) is -3.38. The van der Waals surface area contributed by atoms with E-state index in [1.165, 1.54) is 10.7 Å². The number of ether oxygens (including phenoxy) is 1. The van der Waals surface area contributed by atoms with E-state index in [-0.39, 0.29) is 35.8 Å². The minimum Gasteiger partial charge on any atom is -0.379 e. The summed E-state index contributed by atoms with van der Waals surface area (Å²) in [4.78, 5) is 4.44. The molecule has 1 unspecified atom stereocenters. The van der Waals surface area contributed by atoms with Gasteiger partial charge in [-0.05, 0) is 30.4 Å². The SMILES string of the molecule is CC(C)CCCC(C)NC(N)=NCc1ccccc1CS(=O)(=O)N1CCOCC1.I. The number of nitrogens with one attached hydrogen (secondary N) is 1.